The van der Waals surface area contributed by atoms with Crippen LogP contribution >= 0.6 is 0 Å². The van der Waals surface area contributed by atoms with Crippen LogP contribution < -0.4 is 5.32 Å². The second-order valence-corrected chi connectivity index (χ2v) is 6.43. The quantitative estimate of drug-likeness (QED) is 0.900. The Morgan fingerprint density at radius 3 is 2.45 bits per heavy atom. The highest BCUT2D eigenvalue weighted by Crippen LogP contribution is 2.29. The summed E-state index contributed by atoms with van der Waals surface area (Å²) < 4.78 is 6.01. The van der Waals surface area contributed by atoms with Gasteiger partial charge in [0.2, 0.25) is 0 Å². The molecule has 1 amide bonds. The predicted octanol–water partition coefficient (Wildman–Crippen LogP) is 2.15. The van der Waals surface area contributed by atoms with E-state index < -0.39 is 0 Å². The van der Waals surface area contributed by atoms with E-state index in [1.54, 1.807) is 25.4 Å². The van der Waals surface area contributed by atoms with Crippen molar-refractivity contribution in [3.8, 4) is 0 Å². The summed E-state index contributed by atoms with van der Waals surface area (Å²) in [6, 6.07) is 3.58. The molecule has 0 aromatic carbocycles. The smallest absolute Gasteiger partial charge is 0.257 e. The van der Waals surface area contributed by atoms with Gasteiger partial charge in [-0.05, 0) is 39.8 Å². The first kappa shape index (κ1) is 14.8. The molecule has 0 unspecified atom stereocenters. The number of ether oxygens (including phenoxy) is 1. The van der Waals surface area contributed by atoms with Gasteiger partial charge in [-0.25, -0.2) is 4.98 Å². The summed E-state index contributed by atoms with van der Waals surface area (Å²) >= 11 is 0. The summed E-state index contributed by atoms with van der Waals surface area (Å²) in [6.45, 7) is 9.19. The lowest BCUT2D eigenvalue weighted by Gasteiger charge is -2.47. The van der Waals surface area contributed by atoms with E-state index in [0.717, 1.165) is 0 Å². The Kier molecular flexibility index (Phi) is 3.73. The fourth-order valence-electron chi connectivity index (χ4n) is 2.88. The van der Waals surface area contributed by atoms with Crippen LogP contribution in [-0.2, 0) is 4.74 Å². The molecule has 0 saturated carbocycles. The number of morpholine rings is 1. The van der Waals surface area contributed by atoms with E-state index in [1.807, 2.05) is 32.6 Å². The largest absolute Gasteiger partial charge is 0.372 e. The van der Waals surface area contributed by atoms with Crippen molar-refractivity contribution in [3.05, 3.63) is 23.9 Å². The van der Waals surface area contributed by atoms with E-state index >= 15 is 0 Å². The molecule has 0 atom stereocenters. The SMILES string of the molecule is CNc1ncccc1C(=O)N1CC(C)(C)OC(C)(C)C1. The lowest BCUT2D eigenvalue weighted by Crippen LogP contribution is -2.58. The van der Waals surface area contributed by atoms with Gasteiger partial charge in [0.1, 0.15) is 5.82 Å². The number of nitrogens with zero attached hydrogens (tertiary/aromatic N) is 2. The van der Waals surface area contributed by atoms with E-state index in [9.17, 15) is 4.79 Å². The van der Waals surface area contributed by atoms with Gasteiger partial charge in [-0.15, -0.1) is 0 Å². The predicted molar refractivity (Wildman–Crippen MR) is 78.9 cm³/mol. The summed E-state index contributed by atoms with van der Waals surface area (Å²) in [6.07, 6.45) is 1.68. The Hall–Kier alpha value is -1.62. The molecule has 0 spiro atoms. The van der Waals surface area contributed by atoms with E-state index in [4.69, 9.17) is 4.74 Å². The molecule has 0 radical (unpaired) electrons. The van der Waals surface area contributed by atoms with Crippen molar-refractivity contribution in [2.24, 2.45) is 0 Å². The number of pyridine rings is 1. The van der Waals surface area contributed by atoms with Crippen LogP contribution in [0.15, 0.2) is 18.3 Å². The Labute approximate surface area is 120 Å². The van der Waals surface area contributed by atoms with Gasteiger partial charge in [-0.1, -0.05) is 0 Å². The molecular formula is C15H23N3O2. The summed E-state index contributed by atoms with van der Waals surface area (Å²) in [5, 5.41) is 2.97. The van der Waals surface area contributed by atoms with Gasteiger partial charge in [0.05, 0.1) is 16.8 Å². The Morgan fingerprint density at radius 2 is 1.90 bits per heavy atom. The number of anilines is 1. The second-order valence-electron chi connectivity index (χ2n) is 6.43. The third-order valence-corrected chi connectivity index (χ3v) is 3.26. The fraction of sp³-hybridized carbons (Fsp3) is 0.600. The molecule has 1 N–H and O–H groups in total. The third kappa shape index (κ3) is 3.10. The molecule has 2 rings (SSSR count). The Morgan fingerprint density at radius 1 is 1.30 bits per heavy atom. The first-order valence-electron chi connectivity index (χ1n) is 6.86. The maximum absolute atomic E-state index is 12.7. The highest BCUT2D eigenvalue weighted by molar-refractivity contribution is 5.98. The summed E-state index contributed by atoms with van der Waals surface area (Å²) in [5.74, 6) is 0.603. The van der Waals surface area contributed by atoms with E-state index in [1.165, 1.54) is 0 Å². The van der Waals surface area contributed by atoms with E-state index in [2.05, 4.69) is 10.3 Å². The van der Waals surface area contributed by atoms with Crippen molar-refractivity contribution in [2.45, 2.75) is 38.9 Å². The number of rotatable bonds is 2. The minimum Gasteiger partial charge on any atom is -0.372 e. The number of carbonyl (C=O) groups excluding carboxylic acids is 1. The molecular weight excluding hydrogens is 254 g/mol. The number of carbonyl (C=O) groups is 1. The van der Waals surface area contributed by atoms with Crippen molar-refractivity contribution in [2.75, 3.05) is 25.5 Å². The summed E-state index contributed by atoms with van der Waals surface area (Å²) in [7, 11) is 1.77. The number of hydrogen-bond acceptors (Lipinski definition) is 4. The van der Waals surface area contributed by atoms with E-state index in [0.29, 0.717) is 24.5 Å². The Bertz CT molecular complexity index is 496. The van der Waals surface area contributed by atoms with Gasteiger partial charge >= 0.3 is 0 Å². The monoisotopic (exact) mass is 277 g/mol. The molecule has 1 saturated heterocycles. The van der Waals surface area contributed by atoms with Gasteiger partial charge in [0.25, 0.3) is 5.91 Å². The first-order chi connectivity index (χ1) is 9.24. The van der Waals surface area contributed by atoms with Crippen LogP contribution in [0.2, 0.25) is 0 Å². The first-order valence-corrected chi connectivity index (χ1v) is 6.86. The van der Waals surface area contributed by atoms with Gasteiger partial charge in [-0.2, -0.15) is 0 Å². The molecule has 1 fully saturated rings. The summed E-state index contributed by atoms with van der Waals surface area (Å²) in [4.78, 5) is 18.8. The van der Waals surface area contributed by atoms with Crippen molar-refractivity contribution in [1.29, 1.82) is 0 Å². The summed E-state index contributed by atoms with van der Waals surface area (Å²) in [5.41, 5.74) is -0.0951. The maximum Gasteiger partial charge on any atom is 0.257 e. The van der Waals surface area contributed by atoms with Crippen molar-refractivity contribution < 1.29 is 9.53 Å². The van der Waals surface area contributed by atoms with Gasteiger partial charge in [-0.3, -0.25) is 4.79 Å². The van der Waals surface area contributed by atoms with Crippen molar-refractivity contribution >= 4 is 11.7 Å². The van der Waals surface area contributed by atoms with Crippen LogP contribution in [0.25, 0.3) is 0 Å². The minimum atomic E-state index is -0.348. The van der Waals surface area contributed by atoms with Crippen LogP contribution in [0, 0.1) is 0 Å². The van der Waals surface area contributed by atoms with Crippen molar-refractivity contribution in [1.82, 2.24) is 9.88 Å². The van der Waals surface area contributed by atoms with Crippen LogP contribution in [0.1, 0.15) is 38.1 Å². The zero-order chi connectivity index (χ0) is 15.0. The van der Waals surface area contributed by atoms with Crippen molar-refractivity contribution in [3.63, 3.8) is 0 Å². The van der Waals surface area contributed by atoms with Crippen LogP contribution in [0.4, 0.5) is 5.82 Å². The van der Waals surface area contributed by atoms with Crippen LogP contribution in [0.3, 0.4) is 0 Å². The average molecular weight is 277 g/mol. The third-order valence-electron chi connectivity index (χ3n) is 3.26. The molecule has 5 heteroatoms. The molecule has 1 aliphatic heterocycles. The lowest BCUT2D eigenvalue weighted by molar-refractivity contribution is -0.171. The van der Waals surface area contributed by atoms with Crippen LogP contribution in [-0.4, -0.2) is 47.1 Å². The molecule has 5 nitrogen and oxygen atoms in total. The average Bonchev–Trinajstić information content (AvgIpc) is 2.34. The fourth-order valence-corrected chi connectivity index (χ4v) is 2.88. The number of hydrogen-bond donors (Lipinski definition) is 1. The lowest BCUT2D eigenvalue weighted by atomic mass is 9.98. The molecule has 1 aromatic heterocycles. The normalized spacial score (nSPS) is 20.6. The molecule has 0 bridgehead atoms. The van der Waals surface area contributed by atoms with Crippen LogP contribution in [0.5, 0.6) is 0 Å². The number of aromatic nitrogens is 1. The van der Waals surface area contributed by atoms with Gasteiger partial charge in [0, 0.05) is 26.3 Å². The zero-order valence-corrected chi connectivity index (χ0v) is 12.9. The molecule has 0 aliphatic carbocycles. The second kappa shape index (κ2) is 5.05. The van der Waals surface area contributed by atoms with Gasteiger partial charge < -0.3 is 15.0 Å². The molecule has 20 heavy (non-hydrogen) atoms. The molecule has 2 heterocycles. The molecule has 1 aliphatic rings. The molecule has 1 aromatic rings. The highest BCUT2D eigenvalue weighted by atomic mass is 16.5. The molecule has 110 valence electrons. The number of amides is 1. The highest BCUT2D eigenvalue weighted by Gasteiger charge is 2.40. The Balaban J connectivity index is 2.28. The standard InChI is InChI=1S/C15H23N3O2/c1-14(2)9-18(10-15(3,4)20-14)13(19)11-7-6-8-17-12(11)16-5/h6-8H,9-10H2,1-5H3,(H,16,17). The minimum absolute atomic E-state index is 0.00750. The van der Waals surface area contributed by atoms with E-state index in [-0.39, 0.29) is 17.1 Å². The number of nitrogens with one attached hydrogen (secondary N) is 1. The van der Waals surface area contributed by atoms with Gasteiger partial charge in [0.15, 0.2) is 0 Å². The zero-order valence-electron chi connectivity index (χ0n) is 12.9. The maximum atomic E-state index is 12.7. The topological polar surface area (TPSA) is 54.5 Å².